The molecule has 0 saturated heterocycles. The monoisotopic (exact) mass is 436 g/mol. The Bertz CT molecular complexity index is 1340. The van der Waals surface area contributed by atoms with Crippen LogP contribution in [0.4, 0.5) is 13.2 Å². The number of nitrogens with one attached hydrogen (secondary N) is 1. The Labute approximate surface area is 179 Å². The minimum atomic E-state index is -4.47. The van der Waals surface area contributed by atoms with E-state index in [-0.39, 0.29) is 11.3 Å². The first-order valence-electron chi connectivity index (χ1n) is 9.35. The topological polar surface area (TPSA) is 102 Å². The van der Waals surface area contributed by atoms with Gasteiger partial charge in [-0.2, -0.15) is 13.2 Å². The molecule has 0 fully saturated rings. The number of benzene rings is 1. The fraction of sp³-hybridized carbons (Fsp3) is 0.0435. The predicted molar refractivity (Wildman–Crippen MR) is 112 cm³/mol. The fourth-order valence-corrected chi connectivity index (χ4v) is 3.15. The highest BCUT2D eigenvalue weighted by molar-refractivity contribution is 6.07. The highest BCUT2D eigenvalue weighted by Gasteiger charge is 2.30. The van der Waals surface area contributed by atoms with E-state index < -0.39 is 23.4 Å². The first-order valence-corrected chi connectivity index (χ1v) is 9.35. The summed E-state index contributed by atoms with van der Waals surface area (Å²) in [5.74, 6) is -1.05. The number of carbonyl (C=O) groups excluding carboxylic acids is 2. The molecule has 3 N–H and O–H groups in total. The molecule has 9 heteroatoms. The normalized spacial score (nSPS) is 11.8. The standard InChI is InChI=1S/C23H15F3N4O2/c24-23(25,26)17-5-1-13(2-6-17)21(32)19-7-3-14(10-28-19)16-9-18-15(4-8-20(27)31)11-29-22(18)30-12-16/h1-12H,(H2,27,31)(H,29,30)/b8-4+. The average Bonchev–Trinajstić information content (AvgIpc) is 3.19. The summed E-state index contributed by atoms with van der Waals surface area (Å²) in [4.78, 5) is 35.1. The zero-order valence-electron chi connectivity index (χ0n) is 16.4. The van der Waals surface area contributed by atoms with E-state index in [1.807, 2.05) is 6.07 Å². The molecule has 1 aromatic carbocycles. The molecule has 0 aliphatic carbocycles. The molecule has 0 aliphatic heterocycles. The summed E-state index contributed by atoms with van der Waals surface area (Å²) in [5.41, 5.74) is 7.31. The number of hydrogen-bond donors (Lipinski definition) is 2. The quantitative estimate of drug-likeness (QED) is 0.358. The molecule has 0 spiro atoms. The molecule has 0 atom stereocenters. The van der Waals surface area contributed by atoms with Gasteiger partial charge in [0.2, 0.25) is 11.7 Å². The summed E-state index contributed by atoms with van der Waals surface area (Å²) in [5, 5.41) is 0.768. The number of aromatic nitrogens is 3. The van der Waals surface area contributed by atoms with E-state index in [1.54, 1.807) is 24.5 Å². The van der Waals surface area contributed by atoms with Crippen molar-refractivity contribution in [2.75, 3.05) is 0 Å². The third kappa shape index (κ3) is 4.27. The lowest BCUT2D eigenvalue weighted by Gasteiger charge is -2.07. The maximum atomic E-state index is 12.7. The fourth-order valence-electron chi connectivity index (χ4n) is 3.15. The van der Waals surface area contributed by atoms with Gasteiger partial charge in [0.25, 0.3) is 0 Å². The van der Waals surface area contributed by atoms with Crippen LogP contribution in [0.15, 0.2) is 67.1 Å². The van der Waals surface area contributed by atoms with Gasteiger partial charge in [0.15, 0.2) is 0 Å². The Morgan fingerprint density at radius 2 is 1.69 bits per heavy atom. The second-order valence-electron chi connectivity index (χ2n) is 6.94. The molecule has 3 aromatic heterocycles. The molecule has 0 radical (unpaired) electrons. The number of rotatable bonds is 5. The highest BCUT2D eigenvalue weighted by atomic mass is 19.4. The minimum Gasteiger partial charge on any atom is -0.366 e. The van der Waals surface area contributed by atoms with Crippen LogP contribution in [0, 0.1) is 0 Å². The molecule has 6 nitrogen and oxygen atoms in total. The van der Waals surface area contributed by atoms with Gasteiger partial charge in [-0.1, -0.05) is 18.2 Å². The number of amides is 1. The van der Waals surface area contributed by atoms with Crippen molar-refractivity contribution in [1.82, 2.24) is 15.0 Å². The Hall–Kier alpha value is -4.27. The average molecular weight is 436 g/mol. The van der Waals surface area contributed by atoms with Crippen LogP contribution >= 0.6 is 0 Å². The van der Waals surface area contributed by atoms with Crippen molar-refractivity contribution >= 4 is 28.8 Å². The van der Waals surface area contributed by atoms with Crippen molar-refractivity contribution < 1.29 is 22.8 Å². The summed E-state index contributed by atoms with van der Waals surface area (Å²) >= 11 is 0. The lowest BCUT2D eigenvalue weighted by molar-refractivity contribution is -0.137. The molecule has 3 heterocycles. The maximum absolute atomic E-state index is 12.7. The number of nitrogens with two attached hydrogens (primary N) is 1. The van der Waals surface area contributed by atoms with Gasteiger partial charge in [0.1, 0.15) is 11.3 Å². The molecule has 0 unspecified atom stereocenters. The number of ketones is 1. The molecule has 4 rings (SSSR count). The van der Waals surface area contributed by atoms with Crippen molar-refractivity contribution in [2.45, 2.75) is 6.18 Å². The number of fused-ring (bicyclic) bond motifs is 1. The van der Waals surface area contributed by atoms with Gasteiger partial charge in [-0.3, -0.25) is 14.6 Å². The summed E-state index contributed by atoms with van der Waals surface area (Å²) in [6.07, 6.45) is 3.19. The van der Waals surface area contributed by atoms with E-state index in [4.69, 9.17) is 5.73 Å². The highest BCUT2D eigenvalue weighted by Crippen LogP contribution is 2.29. The molecule has 1 amide bonds. The van der Waals surface area contributed by atoms with Crippen LogP contribution in [0.1, 0.15) is 27.2 Å². The van der Waals surface area contributed by atoms with Crippen molar-refractivity contribution in [3.63, 3.8) is 0 Å². The molecule has 32 heavy (non-hydrogen) atoms. The van der Waals surface area contributed by atoms with Gasteiger partial charge in [-0.25, -0.2) is 4.98 Å². The van der Waals surface area contributed by atoms with Gasteiger partial charge in [-0.05, 0) is 30.3 Å². The maximum Gasteiger partial charge on any atom is 0.416 e. The molecule has 4 aromatic rings. The third-order valence-electron chi connectivity index (χ3n) is 4.79. The van der Waals surface area contributed by atoms with E-state index in [2.05, 4.69) is 15.0 Å². The molecular formula is C23H15F3N4O2. The van der Waals surface area contributed by atoms with Crippen LogP contribution < -0.4 is 5.73 Å². The summed E-state index contributed by atoms with van der Waals surface area (Å²) in [6.45, 7) is 0. The van der Waals surface area contributed by atoms with Gasteiger partial charge < -0.3 is 10.7 Å². The SMILES string of the molecule is NC(=O)/C=C/c1c[nH]c2ncc(-c3ccc(C(=O)c4ccc(C(F)(F)F)cc4)nc3)cc12. The summed E-state index contributed by atoms with van der Waals surface area (Å²) in [6, 6.07) is 9.03. The molecule has 160 valence electrons. The number of primary amides is 1. The number of alkyl halides is 3. The molecule has 0 bridgehead atoms. The van der Waals surface area contributed by atoms with E-state index in [9.17, 15) is 22.8 Å². The number of nitrogens with zero attached hydrogens (tertiary/aromatic N) is 2. The van der Waals surface area contributed by atoms with Crippen LogP contribution in [0.2, 0.25) is 0 Å². The Morgan fingerprint density at radius 1 is 0.969 bits per heavy atom. The van der Waals surface area contributed by atoms with Crippen LogP contribution in [0.25, 0.3) is 28.2 Å². The lowest BCUT2D eigenvalue weighted by Crippen LogP contribution is -2.07. The van der Waals surface area contributed by atoms with Crippen molar-refractivity contribution in [1.29, 1.82) is 0 Å². The predicted octanol–water partition coefficient (Wildman–Crippen LogP) is 4.37. The first kappa shape index (κ1) is 21.0. The molecular weight excluding hydrogens is 421 g/mol. The largest absolute Gasteiger partial charge is 0.416 e. The third-order valence-corrected chi connectivity index (χ3v) is 4.79. The summed E-state index contributed by atoms with van der Waals surface area (Å²) in [7, 11) is 0. The Balaban J connectivity index is 1.59. The molecule has 0 saturated carbocycles. The van der Waals surface area contributed by atoms with Crippen LogP contribution in [0.3, 0.4) is 0 Å². The summed E-state index contributed by atoms with van der Waals surface area (Å²) < 4.78 is 38.1. The number of H-pyrrole nitrogens is 1. The Morgan fingerprint density at radius 3 is 2.31 bits per heavy atom. The Kier molecular flexibility index (Phi) is 5.31. The van der Waals surface area contributed by atoms with E-state index >= 15 is 0 Å². The van der Waals surface area contributed by atoms with Gasteiger partial charge in [0, 0.05) is 52.3 Å². The van der Waals surface area contributed by atoms with Crippen molar-refractivity contribution in [3.05, 3.63) is 89.5 Å². The van der Waals surface area contributed by atoms with Crippen LogP contribution in [0.5, 0.6) is 0 Å². The minimum absolute atomic E-state index is 0.106. The number of pyridine rings is 2. The first-order chi connectivity index (χ1) is 15.2. The second kappa shape index (κ2) is 8.10. The zero-order valence-corrected chi connectivity index (χ0v) is 16.4. The van der Waals surface area contributed by atoms with E-state index in [0.717, 1.165) is 40.8 Å². The van der Waals surface area contributed by atoms with Gasteiger partial charge in [0.05, 0.1) is 5.56 Å². The number of hydrogen-bond acceptors (Lipinski definition) is 4. The lowest BCUT2D eigenvalue weighted by atomic mass is 10.0. The van der Waals surface area contributed by atoms with Crippen LogP contribution in [-0.2, 0) is 11.0 Å². The number of halogens is 3. The van der Waals surface area contributed by atoms with Crippen molar-refractivity contribution in [2.24, 2.45) is 5.73 Å². The van der Waals surface area contributed by atoms with E-state index in [0.29, 0.717) is 11.2 Å². The smallest absolute Gasteiger partial charge is 0.366 e. The second-order valence-corrected chi connectivity index (χ2v) is 6.94. The number of carbonyl (C=O) groups is 2. The van der Waals surface area contributed by atoms with Crippen LogP contribution in [-0.4, -0.2) is 26.6 Å². The molecule has 0 aliphatic rings. The van der Waals surface area contributed by atoms with Gasteiger partial charge >= 0.3 is 6.18 Å². The van der Waals surface area contributed by atoms with Gasteiger partial charge in [-0.15, -0.1) is 0 Å². The number of aromatic amines is 1. The zero-order chi connectivity index (χ0) is 22.9. The van der Waals surface area contributed by atoms with Crippen molar-refractivity contribution in [3.8, 4) is 11.1 Å². The van der Waals surface area contributed by atoms with E-state index in [1.165, 1.54) is 18.3 Å².